The van der Waals surface area contributed by atoms with Crippen LogP contribution in [-0.4, -0.2) is 42.9 Å². The van der Waals surface area contributed by atoms with Gasteiger partial charge in [-0.05, 0) is 61.5 Å². The topological polar surface area (TPSA) is 96.9 Å². The fourth-order valence-electron chi connectivity index (χ4n) is 3.68. The minimum absolute atomic E-state index is 0.0807. The maximum absolute atomic E-state index is 12.0. The lowest BCUT2D eigenvalue weighted by molar-refractivity contribution is -0.139. The molecular formula is C26H32N2O5. The molecule has 2 aromatic rings. The van der Waals surface area contributed by atoms with E-state index in [1.165, 1.54) is 12.8 Å². The Kier molecular flexibility index (Phi) is 9.79. The van der Waals surface area contributed by atoms with Gasteiger partial charge in [-0.15, -0.1) is 0 Å². The Hall–Kier alpha value is -3.32. The van der Waals surface area contributed by atoms with Crippen molar-refractivity contribution in [3.63, 3.8) is 0 Å². The molecule has 0 radical (unpaired) electrons. The van der Waals surface area contributed by atoms with Crippen molar-refractivity contribution in [2.24, 2.45) is 5.92 Å². The number of carbonyl (C=O) groups excluding carboxylic acids is 1. The van der Waals surface area contributed by atoms with Gasteiger partial charge in [0.1, 0.15) is 25.0 Å². The van der Waals surface area contributed by atoms with Crippen molar-refractivity contribution in [3.8, 4) is 5.75 Å². The Labute approximate surface area is 194 Å². The molecule has 2 aromatic carbocycles. The molecule has 1 saturated heterocycles. The molecule has 3 rings (SSSR count). The molecular weight excluding hydrogens is 420 g/mol. The summed E-state index contributed by atoms with van der Waals surface area (Å²) in [6.07, 6.45) is 7.15. The molecule has 1 amide bonds. The fraction of sp³-hybridized carbons (Fsp3) is 0.385. The highest BCUT2D eigenvalue weighted by atomic mass is 16.5. The summed E-state index contributed by atoms with van der Waals surface area (Å²) < 4.78 is 10.9. The predicted molar refractivity (Wildman–Crippen MR) is 126 cm³/mol. The summed E-state index contributed by atoms with van der Waals surface area (Å²) >= 11 is 0. The lowest BCUT2D eigenvalue weighted by Gasteiger charge is -2.20. The van der Waals surface area contributed by atoms with Crippen LogP contribution in [0.3, 0.4) is 0 Å². The van der Waals surface area contributed by atoms with Crippen molar-refractivity contribution < 1.29 is 24.2 Å². The van der Waals surface area contributed by atoms with Crippen molar-refractivity contribution in [1.82, 2.24) is 10.6 Å². The first kappa shape index (κ1) is 24.3. The van der Waals surface area contributed by atoms with E-state index in [0.717, 1.165) is 36.6 Å². The summed E-state index contributed by atoms with van der Waals surface area (Å²) in [4.78, 5) is 23.6. The van der Waals surface area contributed by atoms with Gasteiger partial charge in [0.25, 0.3) is 0 Å². The number of piperidine rings is 1. The van der Waals surface area contributed by atoms with Crippen LogP contribution in [0.15, 0.2) is 66.7 Å². The number of benzene rings is 2. The monoisotopic (exact) mass is 452 g/mol. The van der Waals surface area contributed by atoms with Gasteiger partial charge in [0.05, 0.1) is 0 Å². The van der Waals surface area contributed by atoms with Gasteiger partial charge in [-0.2, -0.15) is 0 Å². The van der Waals surface area contributed by atoms with Gasteiger partial charge in [0, 0.05) is 6.42 Å². The molecule has 0 bridgehead atoms. The number of hydrogen-bond donors (Lipinski definition) is 3. The molecule has 0 aliphatic carbocycles. The Morgan fingerprint density at radius 1 is 1.03 bits per heavy atom. The number of carboxylic acids is 1. The van der Waals surface area contributed by atoms with Gasteiger partial charge >= 0.3 is 12.1 Å². The molecule has 0 spiro atoms. The molecule has 0 aromatic heterocycles. The Bertz CT molecular complexity index is 893. The van der Waals surface area contributed by atoms with E-state index in [2.05, 4.69) is 16.7 Å². The molecule has 3 N–H and O–H groups in total. The van der Waals surface area contributed by atoms with E-state index in [4.69, 9.17) is 9.47 Å². The number of amides is 1. The Morgan fingerprint density at radius 3 is 2.45 bits per heavy atom. The molecule has 33 heavy (non-hydrogen) atoms. The molecule has 1 aliphatic rings. The number of nitrogens with one attached hydrogen (secondary N) is 2. The molecule has 1 atom stereocenters. The molecule has 1 aliphatic heterocycles. The van der Waals surface area contributed by atoms with Crippen molar-refractivity contribution in [1.29, 1.82) is 0 Å². The first-order valence-electron chi connectivity index (χ1n) is 11.4. The second kappa shape index (κ2) is 13.3. The standard InChI is InChI=1S/C26H32N2O5/c29-25(30)24(28-26(31)33-19-22-7-2-1-3-8-22)18-21-9-11-23(12-10-21)32-17-5-4-6-20-13-15-27-16-14-20/h1-5,7-12,20,24,27H,6,13-19H2,(H,28,31)(H,29,30)/b5-4+/t24-/m0/s1. The average Bonchev–Trinajstić information content (AvgIpc) is 2.84. The summed E-state index contributed by atoms with van der Waals surface area (Å²) in [7, 11) is 0. The normalized spacial score (nSPS) is 15.2. The molecule has 176 valence electrons. The maximum atomic E-state index is 12.0. The summed E-state index contributed by atoms with van der Waals surface area (Å²) in [6, 6.07) is 15.4. The summed E-state index contributed by atoms with van der Waals surface area (Å²) in [5.41, 5.74) is 1.61. The number of ether oxygens (including phenoxy) is 2. The molecule has 0 saturated carbocycles. The van der Waals surface area contributed by atoms with E-state index < -0.39 is 18.1 Å². The third-order valence-corrected chi connectivity index (χ3v) is 5.61. The third kappa shape index (κ3) is 8.98. The smallest absolute Gasteiger partial charge is 0.408 e. The van der Waals surface area contributed by atoms with E-state index in [9.17, 15) is 14.7 Å². The van der Waals surface area contributed by atoms with Crippen molar-refractivity contribution in [2.45, 2.75) is 38.3 Å². The molecule has 1 heterocycles. The van der Waals surface area contributed by atoms with Gasteiger partial charge in [0.2, 0.25) is 0 Å². The van der Waals surface area contributed by atoms with E-state index in [1.807, 2.05) is 48.5 Å². The van der Waals surface area contributed by atoms with Crippen LogP contribution in [0.2, 0.25) is 0 Å². The van der Waals surface area contributed by atoms with E-state index >= 15 is 0 Å². The van der Waals surface area contributed by atoms with E-state index in [0.29, 0.717) is 12.4 Å². The van der Waals surface area contributed by atoms with Crippen molar-refractivity contribution >= 4 is 12.1 Å². The number of allylic oxidation sites excluding steroid dienone is 1. The van der Waals surface area contributed by atoms with Gasteiger partial charge in [-0.25, -0.2) is 9.59 Å². The van der Waals surface area contributed by atoms with Gasteiger partial charge in [-0.1, -0.05) is 54.6 Å². The average molecular weight is 453 g/mol. The Balaban J connectivity index is 1.40. The number of aliphatic carboxylic acids is 1. The van der Waals surface area contributed by atoms with Gasteiger partial charge in [-0.3, -0.25) is 0 Å². The predicted octanol–water partition coefficient (Wildman–Crippen LogP) is 3.93. The minimum Gasteiger partial charge on any atom is -0.490 e. The van der Waals surface area contributed by atoms with Crippen LogP contribution in [0.25, 0.3) is 0 Å². The fourth-order valence-corrected chi connectivity index (χ4v) is 3.68. The zero-order chi connectivity index (χ0) is 23.3. The van der Waals surface area contributed by atoms with Crippen LogP contribution in [0.1, 0.15) is 30.4 Å². The highest BCUT2D eigenvalue weighted by Gasteiger charge is 2.21. The number of hydrogen-bond acceptors (Lipinski definition) is 5. The molecule has 7 nitrogen and oxygen atoms in total. The van der Waals surface area contributed by atoms with Crippen LogP contribution in [0.5, 0.6) is 5.75 Å². The van der Waals surface area contributed by atoms with Crippen LogP contribution in [0, 0.1) is 5.92 Å². The first-order valence-corrected chi connectivity index (χ1v) is 11.4. The molecule has 1 fully saturated rings. The molecule has 0 unspecified atom stereocenters. The van der Waals surface area contributed by atoms with E-state index in [-0.39, 0.29) is 13.0 Å². The summed E-state index contributed by atoms with van der Waals surface area (Å²) in [6.45, 7) is 2.79. The van der Waals surface area contributed by atoms with Crippen molar-refractivity contribution in [3.05, 3.63) is 77.9 Å². The van der Waals surface area contributed by atoms with Gasteiger partial charge in [0.15, 0.2) is 0 Å². The zero-order valence-corrected chi connectivity index (χ0v) is 18.7. The van der Waals surface area contributed by atoms with Crippen LogP contribution in [-0.2, 0) is 22.6 Å². The highest BCUT2D eigenvalue weighted by Crippen LogP contribution is 2.17. The zero-order valence-electron chi connectivity index (χ0n) is 18.7. The maximum Gasteiger partial charge on any atom is 0.408 e. The van der Waals surface area contributed by atoms with Crippen molar-refractivity contribution in [2.75, 3.05) is 19.7 Å². The minimum atomic E-state index is -1.12. The van der Waals surface area contributed by atoms with Crippen LogP contribution >= 0.6 is 0 Å². The SMILES string of the molecule is O=C(N[C@@H](Cc1ccc(OC/C=C/CC2CCNCC2)cc1)C(=O)O)OCc1ccccc1. The number of alkyl carbamates (subject to hydrolysis) is 1. The lowest BCUT2D eigenvalue weighted by Crippen LogP contribution is -2.42. The summed E-state index contributed by atoms with van der Waals surface area (Å²) in [5.74, 6) is 0.353. The highest BCUT2D eigenvalue weighted by molar-refractivity contribution is 5.80. The molecule has 7 heteroatoms. The second-order valence-corrected chi connectivity index (χ2v) is 8.16. The lowest BCUT2D eigenvalue weighted by atomic mass is 9.95. The number of rotatable bonds is 11. The third-order valence-electron chi connectivity index (χ3n) is 5.61. The number of carbonyl (C=O) groups is 2. The van der Waals surface area contributed by atoms with Crippen LogP contribution in [0.4, 0.5) is 4.79 Å². The van der Waals surface area contributed by atoms with E-state index in [1.54, 1.807) is 12.1 Å². The summed E-state index contributed by atoms with van der Waals surface area (Å²) in [5, 5.41) is 15.3. The van der Waals surface area contributed by atoms with Gasteiger partial charge < -0.3 is 25.2 Å². The quantitative estimate of drug-likeness (QED) is 0.447. The first-order chi connectivity index (χ1) is 16.1. The largest absolute Gasteiger partial charge is 0.490 e. The second-order valence-electron chi connectivity index (χ2n) is 8.16. The Morgan fingerprint density at radius 2 is 1.76 bits per heavy atom. The number of carboxylic acid groups (broad SMARTS) is 1. The van der Waals surface area contributed by atoms with Crippen LogP contribution < -0.4 is 15.4 Å².